The molecule has 1 aromatic carbocycles. The number of amides is 1. The van der Waals surface area contributed by atoms with E-state index in [-0.39, 0.29) is 29.0 Å². The average Bonchev–Trinajstić information content (AvgIpc) is 3.53. The van der Waals surface area contributed by atoms with Crippen molar-refractivity contribution in [2.24, 2.45) is 0 Å². The van der Waals surface area contributed by atoms with Crippen LogP contribution in [0.1, 0.15) is 59.0 Å². The van der Waals surface area contributed by atoms with Gasteiger partial charge < -0.3 is 10.1 Å². The number of nitrogens with zero attached hydrogens (tertiary/aromatic N) is 5. The van der Waals surface area contributed by atoms with Crippen molar-refractivity contribution in [3.05, 3.63) is 59.4 Å². The van der Waals surface area contributed by atoms with E-state index in [4.69, 9.17) is 4.74 Å². The van der Waals surface area contributed by atoms with E-state index < -0.39 is 36.7 Å². The molecule has 0 bridgehead atoms. The van der Waals surface area contributed by atoms with Crippen LogP contribution in [0.2, 0.25) is 0 Å². The van der Waals surface area contributed by atoms with Crippen molar-refractivity contribution < 1.29 is 31.5 Å². The molecule has 0 aliphatic heterocycles. The maximum atomic E-state index is 13.3. The van der Waals surface area contributed by atoms with Crippen molar-refractivity contribution in [1.29, 1.82) is 0 Å². The zero-order valence-corrected chi connectivity index (χ0v) is 17.8. The Balaban J connectivity index is 1.51. The molecule has 0 spiro atoms. The summed E-state index contributed by atoms with van der Waals surface area (Å²) in [5.74, 6) is -0.397. The molecule has 1 aliphatic rings. The molecule has 34 heavy (non-hydrogen) atoms. The minimum Gasteiger partial charge on any atom is -0.484 e. The highest BCUT2D eigenvalue weighted by atomic mass is 19.4. The molecule has 3 aromatic rings. The fraction of sp³-hybridized carbons (Fsp3) is 0.381. The van der Waals surface area contributed by atoms with Crippen LogP contribution in [0, 0.1) is 0 Å². The minimum absolute atomic E-state index is 0.0270. The molecule has 1 unspecified atom stereocenters. The fourth-order valence-corrected chi connectivity index (χ4v) is 3.30. The number of benzene rings is 1. The molecule has 1 atom stereocenters. The first kappa shape index (κ1) is 23.5. The quantitative estimate of drug-likeness (QED) is 0.486. The van der Waals surface area contributed by atoms with Crippen molar-refractivity contribution >= 4 is 5.91 Å². The van der Waals surface area contributed by atoms with Crippen molar-refractivity contribution in [3.63, 3.8) is 0 Å². The molecule has 4 rings (SSSR count). The molecular formula is C21H19F5N6O2. The standard InChI is InChI=1S/C21H19F5N6O2/c1-11(18-29-10-30-32(18)20-27-7-16(8-28-20)34-9-17(22)23)31-19(33)14-4-13(12-2-3-12)5-15(6-14)21(24,25)26/h4-8,10-12,17H,2-3,9H2,1H3,(H,31,33). The van der Waals surface area contributed by atoms with Gasteiger partial charge in [-0.1, -0.05) is 0 Å². The van der Waals surface area contributed by atoms with E-state index in [1.807, 2.05) is 0 Å². The highest BCUT2D eigenvalue weighted by Gasteiger charge is 2.34. The Bertz CT molecular complexity index is 1160. The molecule has 180 valence electrons. The first-order valence-electron chi connectivity index (χ1n) is 10.3. The maximum absolute atomic E-state index is 13.3. The van der Waals surface area contributed by atoms with Crippen LogP contribution in [0.5, 0.6) is 5.75 Å². The van der Waals surface area contributed by atoms with E-state index in [1.54, 1.807) is 6.92 Å². The molecule has 1 amide bonds. The Kier molecular flexibility index (Phi) is 6.44. The Hall–Kier alpha value is -3.64. The summed E-state index contributed by atoms with van der Waals surface area (Å²) in [6, 6.07) is 2.61. The summed E-state index contributed by atoms with van der Waals surface area (Å²) in [6.07, 6.45) is -2.10. The number of alkyl halides is 5. The number of hydrogen-bond acceptors (Lipinski definition) is 6. The number of rotatable bonds is 8. The lowest BCUT2D eigenvalue weighted by atomic mass is 10.0. The predicted molar refractivity (Wildman–Crippen MR) is 108 cm³/mol. The van der Waals surface area contributed by atoms with Crippen molar-refractivity contribution in [3.8, 4) is 11.7 Å². The average molecular weight is 482 g/mol. The van der Waals surface area contributed by atoms with Gasteiger partial charge in [0.15, 0.2) is 11.6 Å². The van der Waals surface area contributed by atoms with Gasteiger partial charge in [-0.05, 0) is 49.4 Å². The van der Waals surface area contributed by atoms with Gasteiger partial charge in [0.25, 0.3) is 18.3 Å². The van der Waals surface area contributed by atoms with Crippen LogP contribution < -0.4 is 10.1 Å². The third kappa shape index (κ3) is 5.46. The third-order valence-electron chi connectivity index (χ3n) is 5.08. The summed E-state index contributed by atoms with van der Waals surface area (Å²) < 4.78 is 70.5. The van der Waals surface area contributed by atoms with E-state index in [0.717, 1.165) is 25.0 Å². The van der Waals surface area contributed by atoms with Crippen LogP contribution in [0.3, 0.4) is 0 Å². The van der Waals surface area contributed by atoms with Gasteiger partial charge in [0.05, 0.1) is 24.0 Å². The maximum Gasteiger partial charge on any atom is 0.416 e. The van der Waals surface area contributed by atoms with Crippen LogP contribution in [-0.2, 0) is 6.18 Å². The van der Waals surface area contributed by atoms with Gasteiger partial charge in [0.1, 0.15) is 12.9 Å². The highest BCUT2D eigenvalue weighted by molar-refractivity contribution is 5.95. The van der Waals surface area contributed by atoms with Crippen molar-refractivity contribution in [2.45, 2.75) is 44.3 Å². The number of carbonyl (C=O) groups excluding carboxylic acids is 1. The summed E-state index contributed by atoms with van der Waals surface area (Å²) in [5.41, 5.74) is -0.495. The Morgan fingerprint density at radius 1 is 1.18 bits per heavy atom. The topological polar surface area (TPSA) is 94.8 Å². The summed E-state index contributed by atoms with van der Waals surface area (Å²) in [7, 11) is 0. The Morgan fingerprint density at radius 2 is 1.88 bits per heavy atom. The van der Waals surface area contributed by atoms with Gasteiger partial charge in [-0.3, -0.25) is 4.79 Å². The molecule has 1 saturated carbocycles. The van der Waals surface area contributed by atoms with Gasteiger partial charge in [-0.15, -0.1) is 0 Å². The van der Waals surface area contributed by atoms with Crippen LogP contribution in [0.25, 0.3) is 5.95 Å². The van der Waals surface area contributed by atoms with Gasteiger partial charge in [-0.2, -0.15) is 23.0 Å². The number of carbonyl (C=O) groups is 1. The van der Waals surface area contributed by atoms with E-state index in [9.17, 15) is 26.7 Å². The lowest BCUT2D eigenvalue weighted by molar-refractivity contribution is -0.137. The Morgan fingerprint density at radius 3 is 2.50 bits per heavy atom. The van der Waals surface area contributed by atoms with Gasteiger partial charge in [0, 0.05) is 5.56 Å². The van der Waals surface area contributed by atoms with Crippen molar-refractivity contribution in [2.75, 3.05) is 6.61 Å². The summed E-state index contributed by atoms with van der Waals surface area (Å²) in [4.78, 5) is 24.9. The molecule has 1 aliphatic carbocycles. The SMILES string of the molecule is CC(NC(=O)c1cc(C2CC2)cc(C(F)(F)F)c1)c1ncnn1-c1ncc(OCC(F)F)cn1. The zero-order chi connectivity index (χ0) is 24.5. The largest absolute Gasteiger partial charge is 0.484 e. The predicted octanol–water partition coefficient (Wildman–Crippen LogP) is 4.09. The molecule has 1 fully saturated rings. The molecule has 1 N–H and O–H groups in total. The zero-order valence-electron chi connectivity index (χ0n) is 17.8. The summed E-state index contributed by atoms with van der Waals surface area (Å²) in [5, 5.41) is 6.63. The third-order valence-corrected chi connectivity index (χ3v) is 5.08. The van der Waals surface area contributed by atoms with E-state index in [0.29, 0.717) is 5.56 Å². The summed E-state index contributed by atoms with van der Waals surface area (Å²) in [6.45, 7) is 0.770. The molecule has 2 aromatic heterocycles. The van der Waals surface area contributed by atoms with Gasteiger partial charge in [-0.25, -0.2) is 23.7 Å². The molecule has 8 nitrogen and oxygen atoms in total. The number of ether oxygens (including phenoxy) is 1. The molecule has 0 radical (unpaired) electrons. The molecular weight excluding hydrogens is 463 g/mol. The second-order valence-corrected chi connectivity index (χ2v) is 7.76. The molecule has 2 heterocycles. The monoisotopic (exact) mass is 482 g/mol. The lowest BCUT2D eigenvalue weighted by Crippen LogP contribution is -2.29. The van der Waals surface area contributed by atoms with Gasteiger partial charge >= 0.3 is 6.18 Å². The first-order chi connectivity index (χ1) is 16.1. The van der Waals surface area contributed by atoms with Crippen LogP contribution >= 0.6 is 0 Å². The van der Waals surface area contributed by atoms with E-state index in [1.165, 1.54) is 29.5 Å². The van der Waals surface area contributed by atoms with Crippen LogP contribution in [0.4, 0.5) is 22.0 Å². The van der Waals surface area contributed by atoms with E-state index >= 15 is 0 Å². The second kappa shape index (κ2) is 9.31. The fourth-order valence-electron chi connectivity index (χ4n) is 3.30. The van der Waals surface area contributed by atoms with Crippen LogP contribution in [0.15, 0.2) is 36.9 Å². The van der Waals surface area contributed by atoms with Gasteiger partial charge in [0.2, 0.25) is 0 Å². The molecule has 13 heteroatoms. The number of halogens is 5. The smallest absolute Gasteiger partial charge is 0.416 e. The number of aromatic nitrogens is 5. The van der Waals surface area contributed by atoms with Crippen LogP contribution in [-0.4, -0.2) is 43.7 Å². The number of nitrogens with one attached hydrogen (secondary N) is 1. The van der Waals surface area contributed by atoms with E-state index in [2.05, 4.69) is 25.4 Å². The Labute approximate surface area is 190 Å². The highest BCUT2D eigenvalue weighted by Crippen LogP contribution is 2.42. The lowest BCUT2D eigenvalue weighted by Gasteiger charge is -2.16. The second-order valence-electron chi connectivity index (χ2n) is 7.76. The molecule has 0 saturated heterocycles. The summed E-state index contributed by atoms with van der Waals surface area (Å²) >= 11 is 0. The minimum atomic E-state index is -4.58. The first-order valence-corrected chi connectivity index (χ1v) is 10.3. The normalized spacial score (nSPS) is 14.8. The number of hydrogen-bond donors (Lipinski definition) is 1. The van der Waals surface area contributed by atoms with Crippen molar-refractivity contribution in [1.82, 2.24) is 30.0 Å².